The molecule has 0 bridgehead atoms. The van der Waals surface area contributed by atoms with Crippen molar-refractivity contribution in [1.82, 2.24) is 0 Å². The van der Waals surface area contributed by atoms with Crippen LogP contribution >= 0.6 is 9.39 Å². The largest absolute Gasteiger partial charge is 0.478 e. The van der Waals surface area contributed by atoms with E-state index in [1.165, 1.54) is 0 Å². The van der Waals surface area contributed by atoms with E-state index >= 15 is 0 Å². The Bertz CT molecular complexity index is 275. The minimum atomic E-state index is -0.921. The molecule has 58 valence electrons. The smallest absolute Gasteiger partial charge is 0.337 e. The number of anilines is 1. The molecule has 0 amide bonds. The van der Waals surface area contributed by atoms with Gasteiger partial charge in [0.2, 0.25) is 0 Å². The van der Waals surface area contributed by atoms with Crippen molar-refractivity contribution in [2.75, 3.05) is 5.09 Å². The molecule has 0 aliphatic carbocycles. The van der Waals surface area contributed by atoms with Gasteiger partial charge in [0, 0.05) is 0 Å². The molecule has 0 spiro atoms. The first-order valence-electron chi connectivity index (χ1n) is 3.04. The molecular formula is C7H8NO2P. The third-order valence-electron chi connectivity index (χ3n) is 1.31. The number of aromatic carboxylic acids is 1. The van der Waals surface area contributed by atoms with Crippen molar-refractivity contribution in [1.29, 1.82) is 0 Å². The molecular weight excluding hydrogens is 161 g/mol. The van der Waals surface area contributed by atoms with Gasteiger partial charge in [-0.3, -0.25) is 0 Å². The average molecular weight is 169 g/mol. The number of hydrogen-bond acceptors (Lipinski definition) is 2. The highest BCUT2D eigenvalue weighted by atomic mass is 31.0. The van der Waals surface area contributed by atoms with Crippen LogP contribution in [0.4, 0.5) is 5.69 Å². The molecule has 1 aromatic carbocycles. The molecule has 1 rings (SSSR count). The number of rotatable bonds is 2. The number of hydrogen-bond donors (Lipinski definition) is 2. The van der Waals surface area contributed by atoms with Crippen LogP contribution in [0.2, 0.25) is 0 Å². The number of carboxylic acids is 1. The van der Waals surface area contributed by atoms with Crippen LogP contribution < -0.4 is 5.09 Å². The Morgan fingerprint density at radius 1 is 1.45 bits per heavy atom. The lowest BCUT2D eigenvalue weighted by molar-refractivity contribution is 0.0698. The summed E-state index contributed by atoms with van der Waals surface area (Å²) in [7, 11) is 2.26. The van der Waals surface area contributed by atoms with Gasteiger partial charge in [-0.15, -0.1) is 0 Å². The third-order valence-corrected chi connectivity index (χ3v) is 1.62. The Balaban J connectivity index is 3.12. The average Bonchev–Trinajstić information content (AvgIpc) is 2.04. The van der Waals surface area contributed by atoms with E-state index in [0.717, 1.165) is 0 Å². The van der Waals surface area contributed by atoms with Crippen LogP contribution in [-0.2, 0) is 0 Å². The van der Waals surface area contributed by atoms with E-state index in [4.69, 9.17) is 5.11 Å². The number of para-hydroxylation sites is 1. The molecule has 0 saturated carbocycles. The Kier molecular flexibility index (Phi) is 2.44. The summed E-state index contributed by atoms with van der Waals surface area (Å²) in [5.74, 6) is -0.921. The van der Waals surface area contributed by atoms with E-state index in [-0.39, 0.29) is 5.56 Å². The quantitative estimate of drug-likeness (QED) is 0.661. The number of nitrogens with one attached hydrogen (secondary N) is 1. The lowest BCUT2D eigenvalue weighted by atomic mass is 10.2. The molecule has 0 heterocycles. The van der Waals surface area contributed by atoms with Gasteiger partial charge in [-0.25, -0.2) is 4.79 Å². The number of carboxylic acid groups (broad SMARTS) is 1. The molecule has 0 radical (unpaired) electrons. The fraction of sp³-hybridized carbons (Fsp3) is 0. The molecule has 4 heteroatoms. The molecule has 2 N–H and O–H groups in total. The molecule has 1 unspecified atom stereocenters. The molecule has 0 aromatic heterocycles. The van der Waals surface area contributed by atoms with Crippen molar-refractivity contribution in [2.45, 2.75) is 0 Å². The first-order chi connectivity index (χ1) is 5.25. The predicted octanol–water partition coefficient (Wildman–Crippen LogP) is 1.59. The highest BCUT2D eigenvalue weighted by Crippen LogP contribution is 2.15. The van der Waals surface area contributed by atoms with Gasteiger partial charge in [0.15, 0.2) is 0 Å². The van der Waals surface area contributed by atoms with Gasteiger partial charge in [-0.05, 0) is 21.5 Å². The summed E-state index contributed by atoms with van der Waals surface area (Å²) in [5.41, 5.74) is 0.882. The summed E-state index contributed by atoms with van der Waals surface area (Å²) in [4.78, 5) is 10.5. The monoisotopic (exact) mass is 169 g/mol. The first kappa shape index (κ1) is 8.02. The standard InChI is InChI=1S/C7H8NO2P/c9-7(10)5-3-1-2-4-6(5)8-11/h1-4,8H,11H2,(H,9,10). The maximum absolute atomic E-state index is 10.5. The highest BCUT2D eigenvalue weighted by Gasteiger charge is 2.05. The van der Waals surface area contributed by atoms with Crippen LogP contribution in [0.1, 0.15) is 10.4 Å². The van der Waals surface area contributed by atoms with Crippen molar-refractivity contribution in [3.8, 4) is 0 Å². The van der Waals surface area contributed by atoms with Gasteiger partial charge in [0.05, 0.1) is 11.3 Å². The van der Waals surface area contributed by atoms with E-state index in [1.807, 2.05) is 0 Å². The van der Waals surface area contributed by atoms with E-state index in [9.17, 15) is 4.79 Å². The van der Waals surface area contributed by atoms with Gasteiger partial charge >= 0.3 is 5.97 Å². The van der Waals surface area contributed by atoms with E-state index in [1.54, 1.807) is 24.3 Å². The van der Waals surface area contributed by atoms with Crippen molar-refractivity contribution >= 4 is 21.0 Å². The lowest BCUT2D eigenvalue weighted by Crippen LogP contribution is -1.98. The van der Waals surface area contributed by atoms with Gasteiger partial charge in [0.1, 0.15) is 0 Å². The SMILES string of the molecule is O=C(O)c1ccccc1NP. The van der Waals surface area contributed by atoms with Gasteiger partial charge < -0.3 is 10.2 Å². The van der Waals surface area contributed by atoms with Crippen LogP contribution in [-0.4, -0.2) is 11.1 Å². The summed E-state index contributed by atoms with van der Waals surface area (Å²) >= 11 is 0. The summed E-state index contributed by atoms with van der Waals surface area (Å²) in [6.45, 7) is 0. The summed E-state index contributed by atoms with van der Waals surface area (Å²) in [6, 6.07) is 6.72. The fourth-order valence-corrected chi connectivity index (χ4v) is 1.05. The van der Waals surface area contributed by atoms with Crippen molar-refractivity contribution in [3.05, 3.63) is 29.8 Å². The minimum absolute atomic E-state index is 0.280. The van der Waals surface area contributed by atoms with Gasteiger partial charge in [-0.1, -0.05) is 12.1 Å². The highest BCUT2D eigenvalue weighted by molar-refractivity contribution is 7.18. The minimum Gasteiger partial charge on any atom is -0.478 e. The zero-order valence-electron chi connectivity index (χ0n) is 5.74. The Hall–Kier alpha value is -1.08. The van der Waals surface area contributed by atoms with Crippen LogP contribution in [0.15, 0.2) is 24.3 Å². The maximum Gasteiger partial charge on any atom is 0.337 e. The Labute approximate surface area is 66.7 Å². The molecule has 0 aliphatic heterocycles. The van der Waals surface area contributed by atoms with Crippen LogP contribution in [0.3, 0.4) is 0 Å². The molecule has 0 fully saturated rings. The fourth-order valence-electron chi connectivity index (χ4n) is 0.795. The number of benzene rings is 1. The zero-order valence-corrected chi connectivity index (χ0v) is 6.90. The van der Waals surface area contributed by atoms with E-state index < -0.39 is 5.97 Å². The molecule has 0 aliphatic rings. The van der Waals surface area contributed by atoms with Crippen molar-refractivity contribution in [2.24, 2.45) is 0 Å². The van der Waals surface area contributed by atoms with Crippen LogP contribution in [0.5, 0.6) is 0 Å². The molecule has 0 saturated heterocycles. The third kappa shape index (κ3) is 1.69. The molecule has 1 atom stereocenters. The van der Waals surface area contributed by atoms with E-state index in [2.05, 4.69) is 14.5 Å². The summed E-state index contributed by atoms with van der Waals surface area (Å²) in [6.07, 6.45) is 0. The normalized spacial score (nSPS) is 9.18. The predicted molar refractivity (Wildman–Crippen MR) is 46.7 cm³/mol. The van der Waals surface area contributed by atoms with Crippen molar-refractivity contribution < 1.29 is 9.90 Å². The van der Waals surface area contributed by atoms with Crippen molar-refractivity contribution in [3.63, 3.8) is 0 Å². The second kappa shape index (κ2) is 3.35. The Morgan fingerprint density at radius 3 is 2.55 bits per heavy atom. The van der Waals surface area contributed by atoms with E-state index in [0.29, 0.717) is 5.69 Å². The number of carbonyl (C=O) groups is 1. The van der Waals surface area contributed by atoms with Gasteiger partial charge in [0.25, 0.3) is 0 Å². The van der Waals surface area contributed by atoms with Crippen LogP contribution in [0, 0.1) is 0 Å². The van der Waals surface area contributed by atoms with Crippen LogP contribution in [0.25, 0.3) is 0 Å². The topological polar surface area (TPSA) is 49.3 Å². The summed E-state index contributed by atoms with van der Waals surface area (Å²) < 4.78 is 0. The van der Waals surface area contributed by atoms with Gasteiger partial charge in [-0.2, -0.15) is 0 Å². The lowest BCUT2D eigenvalue weighted by Gasteiger charge is -2.02. The Morgan fingerprint density at radius 2 is 2.09 bits per heavy atom. The second-order valence-electron chi connectivity index (χ2n) is 2.00. The molecule has 1 aromatic rings. The molecule has 3 nitrogen and oxygen atoms in total. The second-order valence-corrected chi connectivity index (χ2v) is 2.28. The maximum atomic E-state index is 10.5. The first-order valence-corrected chi connectivity index (χ1v) is 3.62. The molecule has 11 heavy (non-hydrogen) atoms. The summed E-state index contributed by atoms with van der Waals surface area (Å²) in [5, 5.41) is 11.4. The zero-order chi connectivity index (χ0) is 8.27.